The summed E-state index contributed by atoms with van der Waals surface area (Å²) in [7, 11) is -3.45. The fraction of sp³-hybridized carbons (Fsp3) is 0.611. The molecule has 2 aliphatic heterocycles. The first-order valence-corrected chi connectivity index (χ1v) is 11.3. The number of benzene rings is 1. The Labute approximate surface area is 173 Å². The van der Waals surface area contributed by atoms with E-state index in [1.165, 1.54) is 15.3 Å². The molecule has 0 saturated carbocycles. The second-order valence-electron chi connectivity index (χ2n) is 7.08. The Kier molecular flexibility index (Phi) is 7.09. The third kappa shape index (κ3) is 5.76. The smallest absolute Gasteiger partial charge is 0.379 e. The number of anilines is 1. The number of carbonyl (C=O) groups excluding carboxylic acids is 1. The van der Waals surface area contributed by atoms with Crippen molar-refractivity contribution in [3.63, 3.8) is 0 Å². The molecule has 0 atom stereocenters. The van der Waals surface area contributed by atoms with Gasteiger partial charge in [0.05, 0.1) is 24.5 Å². The van der Waals surface area contributed by atoms with Gasteiger partial charge in [0, 0.05) is 51.5 Å². The van der Waals surface area contributed by atoms with Crippen molar-refractivity contribution in [2.45, 2.75) is 6.18 Å². The van der Waals surface area contributed by atoms with Crippen molar-refractivity contribution in [2.75, 3.05) is 69.7 Å². The summed E-state index contributed by atoms with van der Waals surface area (Å²) in [5.41, 5.74) is -0.247. The molecular formula is C18H25F3N4O4S. The Balaban J connectivity index is 1.45. The first-order chi connectivity index (χ1) is 14.2. The van der Waals surface area contributed by atoms with Crippen molar-refractivity contribution in [1.82, 2.24) is 14.5 Å². The fourth-order valence-electron chi connectivity index (χ4n) is 3.40. The van der Waals surface area contributed by atoms with Gasteiger partial charge in [0.2, 0.25) is 10.0 Å². The number of morpholine rings is 1. The van der Waals surface area contributed by atoms with Crippen molar-refractivity contribution in [1.29, 1.82) is 0 Å². The van der Waals surface area contributed by atoms with Crippen LogP contribution in [0.4, 0.5) is 23.7 Å². The first-order valence-electron chi connectivity index (χ1n) is 9.67. The SMILES string of the molecule is O=C(NCCS(=O)(=O)N1CCOCC1)N1CCN(c2cccc(C(F)(F)F)c2)CC1. The highest BCUT2D eigenvalue weighted by Gasteiger charge is 2.31. The molecule has 0 radical (unpaired) electrons. The molecule has 1 N–H and O–H groups in total. The van der Waals surface area contributed by atoms with Crippen LogP contribution in [0.25, 0.3) is 0 Å². The minimum absolute atomic E-state index is 0.00757. The maximum atomic E-state index is 12.9. The lowest BCUT2D eigenvalue weighted by atomic mass is 10.1. The summed E-state index contributed by atoms with van der Waals surface area (Å²) >= 11 is 0. The monoisotopic (exact) mass is 450 g/mol. The summed E-state index contributed by atoms with van der Waals surface area (Å²) in [6, 6.07) is 4.73. The molecule has 0 aliphatic carbocycles. The van der Waals surface area contributed by atoms with Gasteiger partial charge in [0.15, 0.2) is 0 Å². The molecule has 2 saturated heterocycles. The number of hydrogen-bond donors (Lipinski definition) is 1. The molecule has 0 unspecified atom stereocenters. The van der Waals surface area contributed by atoms with Gasteiger partial charge in [-0.1, -0.05) is 6.07 Å². The number of alkyl halides is 3. The lowest BCUT2D eigenvalue weighted by Gasteiger charge is -2.36. The van der Waals surface area contributed by atoms with Crippen LogP contribution in [0.5, 0.6) is 0 Å². The predicted octanol–water partition coefficient (Wildman–Crippen LogP) is 1.20. The molecule has 2 heterocycles. The van der Waals surface area contributed by atoms with Crippen LogP contribution in [0.1, 0.15) is 5.56 Å². The van der Waals surface area contributed by atoms with E-state index in [1.807, 2.05) is 0 Å². The van der Waals surface area contributed by atoms with E-state index in [4.69, 9.17) is 4.74 Å². The number of hydrogen-bond acceptors (Lipinski definition) is 5. The molecule has 0 bridgehead atoms. The summed E-state index contributed by atoms with van der Waals surface area (Å²) < 4.78 is 69.7. The van der Waals surface area contributed by atoms with Crippen molar-refractivity contribution < 1.29 is 31.1 Å². The zero-order valence-corrected chi connectivity index (χ0v) is 17.2. The number of piperazine rings is 1. The first kappa shape index (κ1) is 22.6. The third-order valence-corrected chi connectivity index (χ3v) is 6.98. The van der Waals surface area contributed by atoms with Gasteiger partial charge in [0.25, 0.3) is 0 Å². The highest BCUT2D eigenvalue weighted by atomic mass is 32.2. The number of urea groups is 1. The molecule has 8 nitrogen and oxygen atoms in total. The summed E-state index contributed by atoms with van der Waals surface area (Å²) in [5, 5.41) is 2.61. The number of amides is 2. The van der Waals surface area contributed by atoms with Gasteiger partial charge in [-0.05, 0) is 18.2 Å². The molecular weight excluding hydrogens is 425 g/mol. The minimum atomic E-state index is -4.40. The Bertz CT molecular complexity index is 836. The largest absolute Gasteiger partial charge is 0.416 e. The Hall–Kier alpha value is -2.05. The molecule has 0 spiro atoms. The van der Waals surface area contributed by atoms with E-state index < -0.39 is 21.8 Å². The van der Waals surface area contributed by atoms with Crippen molar-refractivity contribution in [3.05, 3.63) is 29.8 Å². The second kappa shape index (κ2) is 9.40. The fourth-order valence-corrected chi connectivity index (χ4v) is 4.72. The molecule has 2 aliphatic rings. The van der Waals surface area contributed by atoms with Gasteiger partial charge in [-0.15, -0.1) is 0 Å². The maximum absolute atomic E-state index is 12.9. The highest BCUT2D eigenvalue weighted by molar-refractivity contribution is 7.89. The number of nitrogens with zero attached hydrogens (tertiary/aromatic N) is 3. The number of rotatable bonds is 5. The van der Waals surface area contributed by atoms with Crippen LogP contribution in [-0.2, 0) is 20.9 Å². The summed E-state index contributed by atoms with van der Waals surface area (Å²) in [6.07, 6.45) is -4.40. The van der Waals surface area contributed by atoms with Gasteiger partial charge in [-0.25, -0.2) is 13.2 Å². The number of carbonyl (C=O) groups is 1. The van der Waals surface area contributed by atoms with Gasteiger partial charge >= 0.3 is 12.2 Å². The topological polar surface area (TPSA) is 82.2 Å². The van der Waals surface area contributed by atoms with Gasteiger partial charge < -0.3 is 19.9 Å². The van der Waals surface area contributed by atoms with E-state index >= 15 is 0 Å². The highest BCUT2D eigenvalue weighted by Crippen LogP contribution is 2.31. The number of sulfonamides is 1. The minimum Gasteiger partial charge on any atom is -0.379 e. The van der Waals surface area contributed by atoms with Gasteiger partial charge in [-0.3, -0.25) is 0 Å². The van der Waals surface area contributed by atoms with Crippen LogP contribution in [0, 0.1) is 0 Å². The van der Waals surface area contributed by atoms with E-state index in [-0.39, 0.29) is 18.3 Å². The normalized spacial score (nSPS) is 19.0. The van der Waals surface area contributed by atoms with Crippen molar-refractivity contribution in [2.24, 2.45) is 0 Å². The van der Waals surface area contributed by atoms with Gasteiger partial charge in [0.1, 0.15) is 0 Å². The quantitative estimate of drug-likeness (QED) is 0.729. The molecule has 1 aromatic carbocycles. The molecule has 1 aromatic rings. The lowest BCUT2D eigenvalue weighted by molar-refractivity contribution is -0.137. The standard InChI is InChI=1S/C18H25F3N4O4S/c19-18(20,21)15-2-1-3-16(14-15)23-5-7-24(8-6-23)17(26)22-4-13-30(27,28)25-9-11-29-12-10-25/h1-3,14H,4-13H2,(H,22,26). The van der Waals surface area contributed by atoms with Crippen LogP contribution >= 0.6 is 0 Å². The van der Waals surface area contributed by atoms with Crippen LogP contribution in [0.2, 0.25) is 0 Å². The average molecular weight is 450 g/mol. The van der Waals surface area contributed by atoms with E-state index in [0.717, 1.165) is 12.1 Å². The molecule has 168 valence electrons. The van der Waals surface area contributed by atoms with Crippen molar-refractivity contribution in [3.8, 4) is 0 Å². The summed E-state index contributed by atoms with van der Waals surface area (Å²) in [4.78, 5) is 15.6. The van der Waals surface area contributed by atoms with Gasteiger partial charge in [-0.2, -0.15) is 17.5 Å². The molecule has 2 amide bonds. The molecule has 2 fully saturated rings. The van der Waals surface area contributed by atoms with Crippen LogP contribution < -0.4 is 10.2 Å². The number of halogens is 3. The second-order valence-corrected chi connectivity index (χ2v) is 9.17. The predicted molar refractivity (Wildman–Crippen MR) is 105 cm³/mol. The Morgan fingerprint density at radius 1 is 1.07 bits per heavy atom. The molecule has 0 aromatic heterocycles. The van der Waals surface area contributed by atoms with E-state index in [1.54, 1.807) is 11.0 Å². The third-order valence-electron chi connectivity index (χ3n) is 5.11. The average Bonchev–Trinajstić information content (AvgIpc) is 2.74. The van der Waals surface area contributed by atoms with Crippen LogP contribution in [0.3, 0.4) is 0 Å². The van der Waals surface area contributed by atoms with E-state index in [2.05, 4.69) is 5.32 Å². The number of nitrogens with one attached hydrogen (secondary N) is 1. The van der Waals surface area contributed by atoms with Crippen molar-refractivity contribution >= 4 is 21.7 Å². The van der Waals surface area contributed by atoms with Crippen LogP contribution in [-0.4, -0.2) is 88.4 Å². The molecule has 3 rings (SSSR count). The zero-order chi connectivity index (χ0) is 21.8. The maximum Gasteiger partial charge on any atom is 0.416 e. The van der Waals surface area contributed by atoms with E-state index in [0.29, 0.717) is 58.2 Å². The van der Waals surface area contributed by atoms with Crippen LogP contribution in [0.15, 0.2) is 24.3 Å². The van der Waals surface area contributed by atoms with E-state index in [9.17, 15) is 26.4 Å². The summed E-state index contributed by atoms with van der Waals surface area (Å²) in [6.45, 7) is 2.79. The lowest BCUT2D eigenvalue weighted by Crippen LogP contribution is -2.52. The number of ether oxygens (including phenoxy) is 1. The molecule has 30 heavy (non-hydrogen) atoms. The Morgan fingerprint density at radius 2 is 1.73 bits per heavy atom. The Morgan fingerprint density at radius 3 is 2.37 bits per heavy atom. The molecule has 12 heteroatoms. The zero-order valence-electron chi connectivity index (χ0n) is 16.4. The summed E-state index contributed by atoms with van der Waals surface area (Å²) in [5.74, 6) is -0.192.